The zero-order chi connectivity index (χ0) is 22.9. The topological polar surface area (TPSA) is 78.4 Å². The molecule has 7 nitrogen and oxygen atoms in total. The van der Waals surface area contributed by atoms with Crippen molar-refractivity contribution in [1.82, 2.24) is 20.2 Å². The molecule has 2 aromatic carbocycles. The molecule has 1 N–H and O–H groups in total. The van der Waals surface area contributed by atoms with Crippen molar-refractivity contribution < 1.29 is 9.59 Å². The van der Waals surface area contributed by atoms with Crippen molar-refractivity contribution in [3.05, 3.63) is 58.9 Å². The molecule has 2 fully saturated rings. The van der Waals surface area contributed by atoms with Gasteiger partial charge in [0.1, 0.15) is 0 Å². The highest BCUT2D eigenvalue weighted by Gasteiger charge is 2.25. The van der Waals surface area contributed by atoms with Crippen LogP contribution in [0.1, 0.15) is 18.3 Å². The number of aryl methyl sites for hydroxylation is 1. The van der Waals surface area contributed by atoms with Gasteiger partial charge in [-0.3, -0.25) is 14.9 Å². The number of rotatable bonds is 4. The van der Waals surface area contributed by atoms with E-state index in [1.165, 1.54) is 11.3 Å². The number of hydrogen-bond donors (Lipinski definition) is 1. The van der Waals surface area contributed by atoms with Crippen LogP contribution in [-0.4, -0.2) is 58.7 Å². The maximum Gasteiger partial charge on any atom is 0.290 e. The predicted molar refractivity (Wildman–Crippen MR) is 133 cm³/mol. The van der Waals surface area contributed by atoms with E-state index in [0.717, 1.165) is 66.5 Å². The highest BCUT2D eigenvalue weighted by molar-refractivity contribution is 8.18. The second-order valence-corrected chi connectivity index (χ2v) is 9.26. The number of fused-ring (bicyclic) bond motifs is 1. The number of nitrogens with one attached hydrogen (secondary N) is 1. The van der Waals surface area contributed by atoms with Gasteiger partial charge in [-0.05, 0) is 48.5 Å². The second-order valence-electron chi connectivity index (χ2n) is 8.25. The minimum Gasteiger partial charge on any atom is -0.369 e. The number of nitrogens with zero attached hydrogens (tertiary/aromatic N) is 4. The highest BCUT2D eigenvalue weighted by Crippen LogP contribution is 2.32. The third-order valence-electron chi connectivity index (χ3n) is 6.20. The van der Waals surface area contributed by atoms with E-state index in [4.69, 9.17) is 4.98 Å². The number of imide groups is 1. The smallest absolute Gasteiger partial charge is 0.290 e. The van der Waals surface area contributed by atoms with E-state index < -0.39 is 5.91 Å². The first-order chi connectivity index (χ1) is 16.0. The first kappa shape index (κ1) is 21.6. The van der Waals surface area contributed by atoms with Crippen LogP contribution < -0.4 is 10.2 Å². The molecule has 33 heavy (non-hydrogen) atoms. The third kappa shape index (κ3) is 4.36. The normalized spacial score (nSPS) is 18.4. The number of para-hydroxylation sites is 1. The Morgan fingerprint density at radius 3 is 2.64 bits per heavy atom. The molecule has 0 aliphatic carbocycles. The summed E-state index contributed by atoms with van der Waals surface area (Å²) in [6, 6.07) is 12.6. The van der Waals surface area contributed by atoms with Crippen molar-refractivity contribution in [2.24, 2.45) is 0 Å². The number of thioether (sulfide) groups is 1. The first-order valence-corrected chi connectivity index (χ1v) is 11.9. The van der Waals surface area contributed by atoms with E-state index in [2.05, 4.69) is 58.2 Å². The van der Waals surface area contributed by atoms with Gasteiger partial charge in [0.05, 0.1) is 10.4 Å². The molecule has 2 amide bonds. The van der Waals surface area contributed by atoms with Crippen molar-refractivity contribution in [2.45, 2.75) is 13.8 Å². The SMILES string of the molecule is CCN1CCN(c2ccc(-c3cccc4cnc(C=C5SC(=O)NC5=O)nc34)cc2C)CC1. The number of piperazine rings is 1. The van der Waals surface area contributed by atoms with Crippen molar-refractivity contribution in [3.63, 3.8) is 0 Å². The van der Waals surface area contributed by atoms with Crippen LogP contribution in [-0.2, 0) is 4.79 Å². The lowest BCUT2D eigenvalue weighted by molar-refractivity contribution is -0.115. The Morgan fingerprint density at radius 1 is 1.12 bits per heavy atom. The second kappa shape index (κ2) is 8.96. The van der Waals surface area contributed by atoms with Gasteiger partial charge in [0.15, 0.2) is 5.82 Å². The van der Waals surface area contributed by atoms with Crippen molar-refractivity contribution in [3.8, 4) is 11.1 Å². The minimum absolute atomic E-state index is 0.306. The summed E-state index contributed by atoms with van der Waals surface area (Å²) in [6.45, 7) is 9.76. The summed E-state index contributed by atoms with van der Waals surface area (Å²) in [5, 5.41) is 2.81. The van der Waals surface area contributed by atoms with Crippen LogP contribution in [0.15, 0.2) is 47.5 Å². The molecule has 3 aromatic rings. The Balaban J connectivity index is 1.48. The molecule has 2 aliphatic rings. The van der Waals surface area contributed by atoms with E-state index in [0.29, 0.717) is 10.7 Å². The van der Waals surface area contributed by atoms with Crippen LogP contribution in [0, 0.1) is 6.92 Å². The molecule has 8 heteroatoms. The van der Waals surface area contributed by atoms with Crippen LogP contribution in [0.25, 0.3) is 28.1 Å². The highest BCUT2D eigenvalue weighted by atomic mass is 32.2. The van der Waals surface area contributed by atoms with Gasteiger partial charge in [-0.2, -0.15) is 0 Å². The summed E-state index contributed by atoms with van der Waals surface area (Å²) in [5.74, 6) is -0.00240. The van der Waals surface area contributed by atoms with Gasteiger partial charge in [-0.15, -0.1) is 0 Å². The van der Waals surface area contributed by atoms with E-state index in [1.807, 2.05) is 12.1 Å². The third-order valence-corrected chi connectivity index (χ3v) is 7.01. The average molecular weight is 460 g/mol. The van der Waals surface area contributed by atoms with Gasteiger partial charge in [0.25, 0.3) is 11.1 Å². The predicted octanol–water partition coefficient (Wildman–Crippen LogP) is 4.07. The standard InChI is InChI=1S/C25H25N5O2S/c1-3-29-9-11-30(12-10-29)20-8-7-17(13-16(20)2)19-6-4-5-18-15-26-22(27-23(18)19)14-21-24(31)28-25(32)33-21/h4-8,13-15H,3,9-12H2,1-2H3,(H,28,31,32). The molecular weight excluding hydrogens is 434 g/mol. The summed E-state index contributed by atoms with van der Waals surface area (Å²) in [4.78, 5) is 37.7. The maximum absolute atomic E-state index is 11.9. The Morgan fingerprint density at radius 2 is 1.94 bits per heavy atom. The van der Waals surface area contributed by atoms with Crippen molar-refractivity contribution >= 4 is 45.6 Å². The number of carbonyl (C=O) groups is 2. The molecule has 2 saturated heterocycles. The molecule has 0 radical (unpaired) electrons. The molecule has 0 atom stereocenters. The lowest BCUT2D eigenvalue weighted by atomic mass is 9.99. The lowest BCUT2D eigenvalue weighted by Gasteiger charge is -2.36. The molecule has 0 bridgehead atoms. The van der Waals surface area contributed by atoms with Crippen LogP contribution >= 0.6 is 11.8 Å². The molecule has 0 saturated carbocycles. The van der Waals surface area contributed by atoms with E-state index in [9.17, 15) is 9.59 Å². The largest absolute Gasteiger partial charge is 0.369 e. The summed E-state index contributed by atoms with van der Waals surface area (Å²) < 4.78 is 0. The number of carbonyl (C=O) groups excluding carboxylic acids is 2. The fraction of sp³-hybridized carbons (Fsp3) is 0.280. The van der Waals surface area contributed by atoms with Gasteiger partial charge >= 0.3 is 0 Å². The fourth-order valence-corrected chi connectivity index (χ4v) is 5.04. The minimum atomic E-state index is -0.409. The Hall–Kier alpha value is -3.23. The Labute approximate surface area is 196 Å². The van der Waals surface area contributed by atoms with Crippen LogP contribution in [0.5, 0.6) is 0 Å². The summed E-state index contributed by atoms with van der Waals surface area (Å²) in [6.07, 6.45) is 3.32. The van der Waals surface area contributed by atoms with E-state index >= 15 is 0 Å². The van der Waals surface area contributed by atoms with Gasteiger partial charge in [0.2, 0.25) is 0 Å². The number of benzene rings is 2. The Kier molecular flexibility index (Phi) is 5.86. The maximum atomic E-state index is 11.9. The summed E-state index contributed by atoms with van der Waals surface area (Å²) in [5.41, 5.74) is 5.44. The van der Waals surface area contributed by atoms with Crippen molar-refractivity contribution in [1.29, 1.82) is 0 Å². The fourth-order valence-electron chi connectivity index (χ4n) is 4.39. The van der Waals surface area contributed by atoms with Gasteiger partial charge in [-0.25, -0.2) is 9.97 Å². The zero-order valence-corrected chi connectivity index (χ0v) is 19.5. The summed E-state index contributed by atoms with van der Waals surface area (Å²) >= 11 is 0.867. The molecule has 3 heterocycles. The van der Waals surface area contributed by atoms with E-state index in [1.54, 1.807) is 12.3 Å². The molecule has 1 aromatic heterocycles. The number of amides is 2. The lowest BCUT2D eigenvalue weighted by Crippen LogP contribution is -2.46. The summed E-state index contributed by atoms with van der Waals surface area (Å²) in [7, 11) is 0. The van der Waals surface area contributed by atoms with Crippen LogP contribution in [0.2, 0.25) is 0 Å². The monoisotopic (exact) mass is 459 g/mol. The molecule has 0 unspecified atom stereocenters. The van der Waals surface area contributed by atoms with Gasteiger partial charge in [0, 0.05) is 55.1 Å². The van der Waals surface area contributed by atoms with Crippen molar-refractivity contribution in [2.75, 3.05) is 37.6 Å². The molecule has 5 rings (SSSR count). The number of aromatic nitrogens is 2. The van der Waals surface area contributed by atoms with Crippen LogP contribution in [0.4, 0.5) is 10.5 Å². The molecule has 168 valence electrons. The molecule has 2 aliphatic heterocycles. The van der Waals surface area contributed by atoms with Crippen LogP contribution in [0.3, 0.4) is 0 Å². The first-order valence-electron chi connectivity index (χ1n) is 11.1. The number of likely N-dealkylation sites (N-methyl/N-ethyl adjacent to an activating group) is 1. The van der Waals surface area contributed by atoms with Gasteiger partial charge in [-0.1, -0.05) is 31.2 Å². The Bertz CT molecular complexity index is 1280. The number of hydrogen-bond acceptors (Lipinski definition) is 7. The van der Waals surface area contributed by atoms with E-state index in [-0.39, 0.29) is 5.24 Å². The average Bonchev–Trinajstić information content (AvgIpc) is 3.15. The quantitative estimate of drug-likeness (QED) is 0.589. The molecular formula is C25H25N5O2S. The molecule has 0 spiro atoms. The number of anilines is 1. The zero-order valence-electron chi connectivity index (χ0n) is 18.7. The van der Waals surface area contributed by atoms with Gasteiger partial charge < -0.3 is 9.80 Å².